The Bertz CT molecular complexity index is 840. The van der Waals surface area contributed by atoms with Crippen molar-refractivity contribution in [1.82, 2.24) is 14.9 Å². The molecule has 2 aromatic heterocycles. The molecule has 1 atom stereocenters. The molecular formula is C21H25N3O3. The molecule has 0 radical (unpaired) electrons. The number of rotatable bonds is 4. The maximum absolute atomic E-state index is 12.4. The molecule has 27 heavy (non-hydrogen) atoms. The van der Waals surface area contributed by atoms with E-state index in [4.69, 9.17) is 5.11 Å². The number of likely N-dealkylation sites (tertiary alicyclic amines) is 1. The van der Waals surface area contributed by atoms with E-state index in [1.54, 1.807) is 12.3 Å². The van der Waals surface area contributed by atoms with E-state index in [0.29, 0.717) is 17.2 Å². The molecule has 1 unspecified atom stereocenters. The number of carboxylic acids is 1. The zero-order valence-corrected chi connectivity index (χ0v) is 16.0. The van der Waals surface area contributed by atoms with E-state index < -0.39 is 5.97 Å². The molecular weight excluding hydrogens is 342 g/mol. The monoisotopic (exact) mass is 367 g/mol. The van der Waals surface area contributed by atoms with Gasteiger partial charge in [0.2, 0.25) is 5.91 Å². The number of amides is 1. The number of hydrogen-bond donors (Lipinski definition) is 1. The van der Waals surface area contributed by atoms with Crippen LogP contribution in [0.2, 0.25) is 0 Å². The Morgan fingerprint density at radius 3 is 2.63 bits per heavy atom. The SMILES string of the molecule is CC(C)(C)C(=O)N1CCC(Cc2ccc(-c3cncc(C(=O)O)c3)nc2)C1. The predicted molar refractivity (Wildman–Crippen MR) is 102 cm³/mol. The Hall–Kier alpha value is -2.76. The number of pyridine rings is 2. The highest BCUT2D eigenvalue weighted by atomic mass is 16.4. The van der Waals surface area contributed by atoms with Crippen molar-refractivity contribution in [3.8, 4) is 11.3 Å². The third kappa shape index (κ3) is 4.51. The van der Waals surface area contributed by atoms with Crippen LogP contribution >= 0.6 is 0 Å². The first-order valence-corrected chi connectivity index (χ1v) is 9.17. The highest BCUT2D eigenvalue weighted by Crippen LogP contribution is 2.26. The lowest BCUT2D eigenvalue weighted by Gasteiger charge is -2.25. The molecule has 0 aliphatic carbocycles. The van der Waals surface area contributed by atoms with Crippen molar-refractivity contribution in [2.45, 2.75) is 33.6 Å². The summed E-state index contributed by atoms with van der Waals surface area (Å²) in [6.07, 6.45) is 6.66. The van der Waals surface area contributed by atoms with Crippen LogP contribution in [0.1, 0.15) is 43.1 Å². The van der Waals surface area contributed by atoms with Gasteiger partial charge in [0.15, 0.2) is 0 Å². The smallest absolute Gasteiger partial charge is 0.337 e. The summed E-state index contributed by atoms with van der Waals surface area (Å²) < 4.78 is 0. The van der Waals surface area contributed by atoms with Crippen LogP contribution in [0.3, 0.4) is 0 Å². The van der Waals surface area contributed by atoms with Crippen molar-refractivity contribution >= 4 is 11.9 Å². The Kier molecular flexibility index (Phi) is 5.26. The minimum Gasteiger partial charge on any atom is -0.478 e. The normalized spacial score (nSPS) is 17.1. The van der Waals surface area contributed by atoms with Gasteiger partial charge in [-0.15, -0.1) is 0 Å². The van der Waals surface area contributed by atoms with Crippen LogP contribution in [0.25, 0.3) is 11.3 Å². The second-order valence-corrected chi connectivity index (χ2v) is 8.18. The largest absolute Gasteiger partial charge is 0.478 e. The summed E-state index contributed by atoms with van der Waals surface area (Å²) in [7, 11) is 0. The second-order valence-electron chi connectivity index (χ2n) is 8.18. The summed E-state index contributed by atoms with van der Waals surface area (Å²) in [6, 6.07) is 5.49. The predicted octanol–water partition coefficient (Wildman–Crippen LogP) is 3.28. The quantitative estimate of drug-likeness (QED) is 0.897. The minimum atomic E-state index is -1.00. The van der Waals surface area contributed by atoms with E-state index in [2.05, 4.69) is 9.97 Å². The Balaban J connectivity index is 1.64. The van der Waals surface area contributed by atoms with Crippen LogP contribution in [-0.2, 0) is 11.2 Å². The van der Waals surface area contributed by atoms with Crippen molar-refractivity contribution in [3.05, 3.63) is 47.9 Å². The zero-order chi connectivity index (χ0) is 19.6. The third-order valence-electron chi connectivity index (χ3n) is 4.84. The molecule has 2 aromatic rings. The summed E-state index contributed by atoms with van der Waals surface area (Å²) >= 11 is 0. The van der Waals surface area contributed by atoms with E-state index in [-0.39, 0.29) is 16.9 Å². The van der Waals surface area contributed by atoms with Gasteiger partial charge < -0.3 is 10.0 Å². The number of nitrogens with zero attached hydrogens (tertiary/aromatic N) is 3. The molecule has 0 bridgehead atoms. The standard InChI is InChI=1S/C21H25N3O3/c1-21(2,3)20(27)24-7-6-15(13-24)8-14-4-5-18(23-10-14)16-9-17(19(25)26)12-22-11-16/h4-5,9-12,15H,6-8,13H2,1-3H3,(H,25,26). The molecule has 1 aliphatic heterocycles. The number of hydrogen-bond acceptors (Lipinski definition) is 4. The van der Waals surface area contributed by atoms with Crippen molar-refractivity contribution in [2.75, 3.05) is 13.1 Å². The van der Waals surface area contributed by atoms with E-state index in [1.807, 2.05) is 44.0 Å². The van der Waals surface area contributed by atoms with Gasteiger partial charge >= 0.3 is 5.97 Å². The molecule has 6 nitrogen and oxygen atoms in total. The van der Waals surface area contributed by atoms with Crippen LogP contribution in [0.5, 0.6) is 0 Å². The Labute approximate surface area is 159 Å². The lowest BCUT2D eigenvalue weighted by molar-refractivity contribution is -0.138. The molecule has 3 rings (SSSR count). The fourth-order valence-electron chi connectivity index (χ4n) is 3.40. The second kappa shape index (κ2) is 7.47. The lowest BCUT2D eigenvalue weighted by Crippen LogP contribution is -2.38. The fourth-order valence-corrected chi connectivity index (χ4v) is 3.40. The van der Waals surface area contributed by atoms with Crippen LogP contribution in [0.15, 0.2) is 36.8 Å². The Morgan fingerprint density at radius 2 is 2.00 bits per heavy atom. The van der Waals surface area contributed by atoms with Gasteiger partial charge in [0.1, 0.15) is 0 Å². The van der Waals surface area contributed by atoms with Crippen molar-refractivity contribution in [3.63, 3.8) is 0 Å². The molecule has 6 heteroatoms. The maximum Gasteiger partial charge on any atom is 0.337 e. The lowest BCUT2D eigenvalue weighted by atomic mass is 9.95. The first kappa shape index (κ1) is 19.0. The van der Waals surface area contributed by atoms with Crippen LogP contribution in [0, 0.1) is 11.3 Å². The molecule has 1 amide bonds. The van der Waals surface area contributed by atoms with Gasteiger partial charge in [0.05, 0.1) is 11.3 Å². The molecule has 1 saturated heterocycles. The summed E-state index contributed by atoms with van der Waals surface area (Å²) in [6.45, 7) is 7.49. The maximum atomic E-state index is 12.4. The van der Waals surface area contributed by atoms with Crippen LogP contribution < -0.4 is 0 Å². The van der Waals surface area contributed by atoms with Crippen molar-refractivity contribution < 1.29 is 14.7 Å². The zero-order valence-electron chi connectivity index (χ0n) is 16.0. The topological polar surface area (TPSA) is 83.4 Å². The average Bonchev–Trinajstić information content (AvgIpc) is 3.09. The summed E-state index contributed by atoms with van der Waals surface area (Å²) in [5, 5.41) is 9.08. The summed E-state index contributed by atoms with van der Waals surface area (Å²) in [4.78, 5) is 33.9. The third-order valence-corrected chi connectivity index (χ3v) is 4.84. The van der Waals surface area contributed by atoms with E-state index in [1.165, 1.54) is 6.20 Å². The highest BCUT2D eigenvalue weighted by molar-refractivity contribution is 5.88. The summed E-state index contributed by atoms with van der Waals surface area (Å²) in [5.41, 5.74) is 2.31. The van der Waals surface area contributed by atoms with Gasteiger partial charge in [0, 0.05) is 42.7 Å². The average molecular weight is 367 g/mol. The van der Waals surface area contributed by atoms with Gasteiger partial charge in [-0.3, -0.25) is 14.8 Å². The molecule has 142 valence electrons. The minimum absolute atomic E-state index is 0.146. The van der Waals surface area contributed by atoms with Gasteiger partial charge in [0.25, 0.3) is 0 Å². The van der Waals surface area contributed by atoms with Crippen molar-refractivity contribution in [2.24, 2.45) is 11.3 Å². The first-order chi connectivity index (χ1) is 12.7. The number of aromatic carboxylic acids is 1. The number of aromatic nitrogens is 2. The summed E-state index contributed by atoms with van der Waals surface area (Å²) in [5.74, 6) is -0.346. The molecule has 3 heterocycles. The van der Waals surface area contributed by atoms with Gasteiger partial charge in [-0.05, 0) is 36.5 Å². The molecule has 1 aliphatic rings. The van der Waals surface area contributed by atoms with Gasteiger partial charge in [-0.25, -0.2) is 4.79 Å². The molecule has 1 fully saturated rings. The Morgan fingerprint density at radius 1 is 1.22 bits per heavy atom. The molecule has 0 spiro atoms. The van der Waals surface area contributed by atoms with Crippen LogP contribution in [0.4, 0.5) is 0 Å². The highest BCUT2D eigenvalue weighted by Gasteiger charge is 2.32. The van der Waals surface area contributed by atoms with Gasteiger partial charge in [-0.2, -0.15) is 0 Å². The number of carbonyl (C=O) groups is 2. The van der Waals surface area contributed by atoms with E-state index in [0.717, 1.165) is 31.5 Å². The number of carbonyl (C=O) groups excluding carboxylic acids is 1. The molecule has 1 N–H and O–H groups in total. The molecule has 0 saturated carbocycles. The van der Waals surface area contributed by atoms with E-state index >= 15 is 0 Å². The fraction of sp³-hybridized carbons (Fsp3) is 0.429. The number of carboxylic acid groups (broad SMARTS) is 1. The van der Waals surface area contributed by atoms with Crippen LogP contribution in [-0.4, -0.2) is 44.9 Å². The van der Waals surface area contributed by atoms with Crippen molar-refractivity contribution in [1.29, 1.82) is 0 Å². The first-order valence-electron chi connectivity index (χ1n) is 9.17. The van der Waals surface area contributed by atoms with E-state index in [9.17, 15) is 9.59 Å². The molecule has 0 aromatic carbocycles. The van der Waals surface area contributed by atoms with Gasteiger partial charge in [-0.1, -0.05) is 26.8 Å².